The highest BCUT2D eigenvalue weighted by atomic mass is 32.5. The van der Waals surface area contributed by atoms with Gasteiger partial charge in [-0.2, -0.15) is 0 Å². The molecule has 0 saturated carbocycles. The second-order valence-electron chi connectivity index (χ2n) is 6.38. The number of rotatable bonds is 24. The lowest BCUT2D eigenvalue weighted by Gasteiger charge is -2.24. The highest BCUT2D eigenvalue weighted by Crippen LogP contribution is 2.37. The Labute approximate surface area is 195 Å². The molecule has 0 aromatic carbocycles. The molecular formula is C18H36N4O8PS-. The van der Waals surface area contributed by atoms with E-state index in [1.165, 1.54) is 7.11 Å². The quantitative estimate of drug-likeness (QED) is 0.0686. The number of carbonyl (C=O) groups is 1. The zero-order valence-electron chi connectivity index (χ0n) is 18.8. The molecule has 0 rings (SSSR count). The molecule has 32 heavy (non-hydrogen) atoms. The van der Waals surface area contributed by atoms with Crippen molar-refractivity contribution in [2.24, 2.45) is 5.11 Å². The topological polar surface area (TPSA) is 156 Å². The monoisotopic (exact) mass is 499 g/mol. The molecule has 12 nitrogen and oxygen atoms in total. The number of azide groups is 1. The third kappa shape index (κ3) is 23.8. The first-order chi connectivity index (χ1) is 15.5. The standard InChI is InChI=1S/C18H37N4O8PS/c1-25-31(24,32)30-9-5-3-2-4-7-20-18(23)6-10-26-12-14-28-16-17-29-15-13-27-11-8-21-22-19/h2-17H2,1H3,(H,20,23)(H,24,32)/p-1. The molecule has 1 unspecified atom stereocenters. The summed E-state index contributed by atoms with van der Waals surface area (Å²) in [6.07, 6.45) is 3.74. The first-order valence-corrected chi connectivity index (χ1v) is 13.2. The average Bonchev–Trinajstić information content (AvgIpc) is 2.78. The van der Waals surface area contributed by atoms with Crippen LogP contribution in [0.1, 0.15) is 32.1 Å². The van der Waals surface area contributed by atoms with Gasteiger partial charge in [0.15, 0.2) is 0 Å². The van der Waals surface area contributed by atoms with E-state index in [1.54, 1.807) is 0 Å². The lowest BCUT2D eigenvalue weighted by Crippen LogP contribution is -2.25. The van der Waals surface area contributed by atoms with Crippen LogP contribution in [0.5, 0.6) is 0 Å². The van der Waals surface area contributed by atoms with Crippen LogP contribution in [-0.2, 0) is 44.6 Å². The van der Waals surface area contributed by atoms with E-state index in [1.807, 2.05) is 0 Å². The molecule has 0 aliphatic heterocycles. The molecule has 0 saturated heterocycles. The van der Waals surface area contributed by atoms with Gasteiger partial charge < -0.3 is 38.2 Å². The van der Waals surface area contributed by atoms with Crippen LogP contribution in [0.4, 0.5) is 0 Å². The van der Waals surface area contributed by atoms with Crippen LogP contribution in [0, 0.1) is 0 Å². The van der Waals surface area contributed by atoms with Crippen LogP contribution in [0.25, 0.3) is 10.4 Å². The van der Waals surface area contributed by atoms with Crippen molar-refractivity contribution in [1.29, 1.82) is 0 Å². The van der Waals surface area contributed by atoms with Crippen LogP contribution < -0.4 is 10.2 Å². The van der Waals surface area contributed by atoms with Gasteiger partial charge in [-0.05, 0) is 18.4 Å². The van der Waals surface area contributed by atoms with E-state index in [0.717, 1.165) is 25.7 Å². The highest BCUT2D eigenvalue weighted by molar-refractivity contribution is 8.06. The van der Waals surface area contributed by atoms with Crippen molar-refractivity contribution in [2.75, 3.05) is 79.7 Å². The number of carbonyl (C=O) groups excluding carboxylic acids is 1. The summed E-state index contributed by atoms with van der Waals surface area (Å²) in [4.78, 5) is 25.7. The van der Waals surface area contributed by atoms with Crippen molar-refractivity contribution in [3.05, 3.63) is 10.4 Å². The maximum absolute atomic E-state index is 11.7. The molecule has 1 amide bonds. The van der Waals surface area contributed by atoms with Gasteiger partial charge in [-0.25, -0.2) is 0 Å². The Morgan fingerprint density at radius 2 is 1.50 bits per heavy atom. The molecule has 0 aliphatic rings. The molecule has 188 valence electrons. The lowest BCUT2D eigenvalue weighted by atomic mass is 10.2. The Bertz CT molecular complexity index is 555. The zero-order valence-corrected chi connectivity index (χ0v) is 20.5. The molecule has 0 spiro atoms. The Balaban J connectivity index is 3.24. The molecule has 0 fully saturated rings. The van der Waals surface area contributed by atoms with Crippen molar-refractivity contribution >= 4 is 24.4 Å². The zero-order chi connectivity index (χ0) is 23.8. The number of unbranched alkanes of at least 4 members (excludes halogenated alkanes) is 3. The molecule has 1 N–H and O–H groups in total. The number of nitrogens with one attached hydrogen (secondary N) is 1. The predicted molar refractivity (Wildman–Crippen MR) is 121 cm³/mol. The van der Waals surface area contributed by atoms with Gasteiger partial charge in [0.05, 0.1) is 59.5 Å². The van der Waals surface area contributed by atoms with Crippen LogP contribution in [0.3, 0.4) is 0 Å². The van der Waals surface area contributed by atoms with Crippen molar-refractivity contribution in [1.82, 2.24) is 5.32 Å². The smallest absolute Gasteiger partial charge is 0.222 e. The Morgan fingerprint density at radius 3 is 2.09 bits per heavy atom. The molecule has 0 aliphatic carbocycles. The maximum atomic E-state index is 11.7. The molecule has 0 radical (unpaired) electrons. The largest absolute Gasteiger partial charge is 0.780 e. The van der Waals surface area contributed by atoms with Crippen LogP contribution in [0.2, 0.25) is 0 Å². The summed E-state index contributed by atoms with van der Waals surface area (Å²) < 4.78 is 30.8. The van der Waals surface area contributed by atoms with Crippen LogP contribution in [0.15, 0.2) is 5.11 Å². The maximum Gasteiger partial charge on any atom is 0.222 e. The van der Waals surface area contributed by atoms with Crippen molar-refractivity contribution in [3.8, 4) is 0 Å². The van der Waals surface area contributed by atoms with Crippen molar-refractivity contribution in [2.45, 2.75) is 32.1 Å². The van der Waals surface area contributed by atoms with Gasteiger partial charge in [0.2, 0.25) is 5.91 Å². The number of hydrogen-bond donors (Lipinski definition) is 1. The number of ether oxygens (including phenoxy) is 4. The third-order valence-corrected chi connectivity index (χ3v) is 5.56. The summed E-state index contributed by atoms with van der Waals surface area (Å²) in [5.74, 6) is -0.0450. The van der Waals surface area contributed by atoms with Gasteiger partial charge in [0, 0.05) is 31.5 Å². The van der Waals surface area contributed by atoms with Gasteiger partial charge in [0.1, 0.15) is 6.72 Å². The summed E-state index contributed by atoms with van der Waals surface area (Å²) in [7, 11) is 1.27. The van der Waals surface area contributed by atoms with E-state index in [4.69, 9.17) is 29.0 Å². The number of amides is 1. The molecule has 0 aromatic rings. The summed E-state index contributed by atoms with van der Waals surface area (Å²) in [5, 5.41) is 6.20. The minimum Gasteiger partial charge on any atom is -0.780 e. The summed E-state index contributed by atoms with van der Waals surface area (Å²) in [6, 6.07) is 0. The number of hydrogen-bond acceptors (Lipinski definition) is 10. The van der Waals surface area contributed by atoms with E-state index in [-0.39, 0.29) is 5.91 Å². The van der Waals surface area contributed by atoms with E-state index in [2.05, 4.69) is 31.7 Å². The van der Waals surface area contributed by atoms with Gasteiger partial charge in [-0.15, -0.1) is 0 Å². The van der Waals surface area contributed by atoms with Gasteiger partial charge in [-0.1, -0.05) is 29.8 Å². The Morgan fingerprint density at radius 1 is 0.938 bits per heavy atom. The fourth-order valence-corrected chi connectivity index (χ4v) is 2.88. The molecule has 0 bridgehead atoms. The normalized spacial score (nSPS) is 12.8. The van der Waals surface area contributed by atoms with E-state index >= 15 is 0 Å². The van der Waals surface area contributed by atoms with Crippen molar-refractivity contribution in [3.63, 3.8) is 0 Å². The second kappa shape index (κ2) is 23.3. The molecule has 1 atom stereocenters. The average molecular weight is 500 g/mol. The predicted octanol–water partition coefficient (Wildman–Crippen LogP) is 1.68. The SMILES string of the molecule is COP([O-])(=S)OCCCCCCNC(=O)CCOCCOCCOCCOCCN=[N+]=[N-]. The van der Waals surface area contributed by atoms with Gasteiger partial charge >= 0.3 is 0 Å². The fraction of sp³-hybridized carbons (Fsp3) is 0.944. The first kappa shape index (κ1) is 31.1. The highest BCUT2D eigenvalue weighted by Gasteiger charge is 2.02. The molecular weight excluding hydrogens is 463 g/mol. The molecule has 14 heteroatoms. The van der Waals surface area contributed by atoms with Gasteiger partial charge in [0.25, 0.3) is 0 Å². The van der Waals surface area contributed by atoms with Gasteiger partial charge in [-0.3, -0.25) is 4.79 Å². The summed E-state index contributed by atoms with van der Waals surface area (Å²) in [6.45, 7) is 1.32. The summed E-state index contributed by atoms with van der Waals surface area (Å²) in [5.41, 5.74) is 8.10. The Kier molecular flexibility index (Phi) is 22.7. The van der Waals surface area contributed by atoms with E-state index in [9.17, 15) is 9.69 Å². The Hall–Kier alpha value is -0.850. The van der Waals surface area contributed by atoms with E-state index in [0.29, 0.717) is 79.0 Å². The molecule has 0 aromatic heterocycles. The van der Waals surface area contributed by atoms with E-state index < -0.39 is 6.72 Å². The third-order valence-electron chi connectivity index (χ3n) is 3.85. The molecule has 0 heterocycles. The summed E-state index contributed by atoms with van der Waals surface area (Å²) >= 11 is 4.62. The fourth-order valence-electron chi connectivity index (χ4n) is 2.20. The minimum atomic E-state index is -3.29. The van der Waals surface area contributed by atoms with Crippen LogP contribution >= 0.6 is 6.72 Å². The van der Waals surface area contributed by atoms with Crippen LogP contribution in [-0.4, -0.2) is 85.6 Å². The minimum absolute atomic E-state index is 0.0450. The first-order valence-electron chi connectivity index (χ1n) is 10.6. The van der Waals surface area contributed by atoms with Crippen molar-refractivity contribution < 1.29 is 37.7 Å². The second-order valence-corrected chi connectivity index (χ2v) is 9.24. The number of nitrogens with zero attached hydrogens (tertiary/aromatic N) is 3. The lowest BCUT2D eigenvalue weighted by molar-refractivity contribution is -0.204.